The third-order valence-corrected chi connectivity index (χ3v) is 6.20. The molecule has 2 heterocycles. The summed E-state index contributed by atoms with van der Waals surface area (Å²) in [7, 11) is 0. The van der Waals surface area contributed by atoms with Crippen LogP contribution >= 0.6 is 0 Å². The quantitative estimate of drug-likeness (QED) is 0.134. The highest BCUT2D eigenvalue weighted by molar-refractivity contribution is 5.95. The van der Waals surface area contributed by atoms with Crippen LogP contribution in [-0.4, -0.2) is 79.6 Å². The summed E-state index contributed by atoms with van der Waals surface area (Å²) in [4.78, 5) is 60.5. The molecule has 1 aromatic carbocycles. The topological polar surface area (TPSA) is 215 Å². The second-order valence-electron chi connectivity index (χ2n) is 9.78. The molecule has 3 rings (SSSR count). The number of carbonyl (C=O) groups is 4. The maximum atomic E-state index is 13.4. The molecular formula is C26H35N7O6. The number of nitrogens with zero attached hydrogens (tertiary/aromatic N) is 1. The Balaban J connectivity index is 1.77. The van der Waals surface area contributed by atoms with Crippen molar-refractivity contribution >= 4 is 34.6 Å². The molecule has 2 aromatic heterocycles. The fourth-order valence-electron chi connectivity index (χ4n) is 4.17. The van der Waals surface area contributed by atoms with Crippen molar-refractivity contribution in [2.75, 3.05) is 6.61 Å². The molecule has 0 saturated carbocycles. The minimum atomic E-state index is -1.44. The number of rotatable bonds is 14. The number of hydrogen-bond acceptors (Lipinski definition) is 7. The maximum Gasteiger partial charge on any atom is 0.326 e. The molecule has 9 N–H and O–H groups in total. The predicted molar refractivity (Wildman–Crippen MR) is 142 cm³/mol. The lowest BCUT2D eigenvalue weighted by Crippen LogP contribution is -2.58. The van der Waals surface area contributed by atoms with Crippen LogP contribution in [0.4, 0.5) is 0 Å². The van der Waals surface area contributed by atoms with Gasteiger partial charge in [-0.3, -0.25) is 14.4 Å². The molecule has 4 atom stereocenters. The van der Waals surface area contributed by atoms with E-state index < -0.39 is 54.5 Å². The molecule has 0 aliphatic carbocycles. The molecule has 0 spiro atoms. The molecule has 39 heavy (non-hydrogen) atoms. The highest BCUT2D eigenvalue weighted by Gasteiger charge is 2.31. The average Bonchev–Trinajstić information content (AvgIpc) is 3.55. The largest absolute Gasteiger partial charge is 0.480 e. The number of nitrogens with one attached hydrogen (secondary N) is 5. The van der Waals surface area contributed by atoms with E-state index in [9.17, 15) is 29.4 Å². The van der Waals surface area contributed by atoms with Crippen LogP contribution in [0.1, 0.15) is 31.5 Å². The zero-order chi connectivity index (χ0) is 28.5. The normalized spacial score (nSPS) is 14.4. The lowest BCUT2D eigenvalue weighted by molar-refractivity contribution is -0.143. The Labute approximate surface area is 225 Å². The van der Waals surface area contributed by atoms with Crippen LogP contribution in [0.25, 0.3) is 10.9 Å². The van der Waals surface area contributed by atoms with Gasteiger partial charge in [0.25, 0.3) is 0 Å². The van der Waals surface area contributed by atoms with Gasteiger partial charge in [-0.2, -0.15) is 0 Å². The van der Waals surface area contributed by atoms with Gasteiger partial charge in [0.2, 0.25) is 17.7 Å². The molecule has 0 aliphatic rings. The number of carbonyl (C=O) groups excluding carboxylic acids is 3. The average molecular weight is 542 g/mol. The lowest BCUT2D eigenvalue weighted by atomic mass is 10.0. The van der Waals surface area contributed by atoms with Crippen molar-refractivity contribution in [1.82, 2.24) is 30.9 Å². The summed E-state index contributed by atoms with van der Waals surface area (Å²) in [5, 5.41) is 27.6. The molecule has 3 aromatic rings. The van der Waals surface area contributed by atoms with Crippen molar-refractivity contribution in [3.63, 3.8) is 0 Å². The third-order valence-electron chi connectivity index (χ3n) is 6.20. The highest BCUT2D eigenvalue weighted by Crippen LogP contribution is 2.19. The van der Waals surface area contributed by atoms with Crippen molar-refractivity contribution in [3.05, 3.63) is 54.2 Å². The van der Waals surface area contributed by atoms with Crippen LogP contribution < -0.4 is 21.7 Å². The van der Waals surface area contributed by atoms with E-state index in [0.29, 0.717) is 5.69 Å². The smallest absolute Gasteiger partial charge is 0.326 e. The molecule has 3 amide bonds. The van der Waals surface area contributed by atoms with E-state index in [-0.39, 0.29) is 25.2 Å². The number of aliphatic hydroxyl groups is 1. The lowest BCUT2D eigenvalue weighted by Gasteiger charge is -2.24. The maximum absolute atomic E-state index is 13.4. The van der Waals surface area contributed by atoms with Gasteiger partial charge in [0.15, 0.2) is 0 Å². The first-order valence-electron chi connectivity index (χ1n) is 12.6. The number of aromatic amines is 2. The Hall–Kier alpha value is -4.23. The SMILES string of the molecule is CC(C)CC(NC(=O)C(CO)NC(=O)C(Cc1c[nH]c2ccccc12)NC(=O)C(N)Cc1cnc[nH]1)C(=O)O. The van der Waals surface area contributed by atoms with Gasteiger partial charge in [-0.05, 0) is 24.0 Å². The van der Waals surface area contributed by atoms with Gasteiger partial charge in [-0.25, -0.2) is 9.78 Å². The van der Waals surface area contributed by atoms with Crippen molar-refractivity contribution < 1.29 is 29.4 Å². The van der Waals surface area contributed by atoms with Crippen molar-refractivity contribution in [2.45, 2.75) is 57.3 Å². The minimum absolute atomic E-state index is 0.0182. The van der Waals surface area contributed by atoms with Gasteiger partial charge in [0.05, 0.1) is 19.0 Å². The number of H-pyrrole nitrogens is 2. The molecule has 0 fully saturated rings. The van der Waals surface area contributed by atoms with Crippen LogP contribution in [0.15, 0.2) is 43.0 Å². The zero-order valence-electron chi connectivity index (χ0n) is 21.8. The van der Waals surface area contributed by atoms with E-state index in [1.165, 1.54) is 12.5 Å². The number of nitrogens with two attached hydrogens (primary N) is 1. The summed E-state index contributed by atoms with van der Waals surface area (Å²) in [5.74, 6) is -3.44. The number of amides is 3. The van der Waals surface area contributed by atoms with Crippen LogP contribution in [0.3, 0.4) is 0 Å². The van der Waals surface area contributed by atoms with Crippen molar-refractivity contribution in [2.24, 2.45) is 11.7 Å². The molecule has 4 unspecified atom stereocenters. The molecule has 0 saturated heterocycles. The van der Waals surface area contributed by atoms with Crippen molar-refractivity contribution in [1.29, 1.82) is 0 Å². The van der Waals surface area contributed by atoms with Crippen LogP contribution in [0.2, 0.25) is 0 Å². The van der Waals surface area contributed by atoms with Gasteiger partial charge in [0, 0.05) is 41.8 Å². The Morgan fingerprint density at radius 1 is 0.949 bits per heavy atom. The van der Waals surface area contributed by atoms with Crippen LogP contribution in [-0.2, 0) is 32.0 Å². The van der Waals surface area contributed by atoms with E-state index in [1.807, 2.05) is 38.1 Å². The summed E-state index contributed by atoms with van der Waals surface area (Å²) < 4.78 is 0. The number of benzene rings is 1. The minimum Gasteiger partial charge on any atom is -0.480 e. The second kappa shape index (κ2) is 13.5. The summed E-state index contributed by atoms with van der Waals surface area (Å²) in [6.07, 6.45) is 5.10. The van der Waals surface area contributed by atoms with Gasteiger partial charge in [-0.1, -0.05) is 32.0 Å². The summed E-state index contributed by atoms with van der Waals surface area (Å²) in [6, 6.07) is 2.66. The first kappa shape index (κ1) is 29.3. The molecule has 210 valence electrons. The van der Waals surface area contributed by atoms with Crippen LogP contribution in [0.5, 0.6) is 0 Å². The van der Waals surface area contributed by atoms with E-state index in [1.54, 1.807) is 6.20 Å². The summed E-state index contributed by atoms with van der Waals surface area (Å²) >= 11 is 0. The van der Waals surface area contributed by atoms with Crippen LogP contribution in [0, 0.1) is 5.92 Å². The first-order valence-corrected chi connectivity index (χ1v) is 12.6. The van der Waals surface area contributed by atoms with Gasteiger partial charge in [0.1, 0.15) is 18.1 Å². The number of carboxylic acid groups (broad SMARTS) is 1. The molecule has 13 heteroatoms. The van der Waals surface area contributed by atoms with E-state index in [2.05, 4.69) is 30.9 Å². The Kier molecular flexibility index (Phi) is 10.2. The third kappa shape index (κ3) is 8.12. The first-order chi connectivity index (χ1) is 18.6. The predicted octanol–water partition coefficient (Wildman–Crippen LogP) is -0.419. The van der Waals surface area contributed by atoms with Gasteiger partial charge in [-0.15, -0.1) is 0 Å². The standard InChI is InChI=1S/C26H35N7O6/c1-14(2)7-21(26(38)39)32-25(37)22(12-34)33-24(36)20(8-15-10-29-19-6-4-3-5-17(15)19)31-23(35)18(27)9-16-11-28-13-30-16/h3-6,10-11,13-14,18,20-22,29,34H,7-9,12,27H2,1-2H3,(H,28,30)(H,31,35)(H,32,37)(H,33,36)(H,38,39). The number of hydrogen-bond donors (Lipinski definition) is 8. The monoisotopic (exact) mass is 541 g/mol. The molecule has 0 radical (unpaired) electrons. The Morgan fingerprint density at radius 3 is 2.26 bits per heavy atom. The molecular weight excluding hydrogens is 506 g/mol. The van der Waals surface area contributed by atoms with Gasteiger partial charge >= 0.3 is 5.97 Å². The number of aliphatic hydroxyl groups excluding tert-OH is 1. The fourth-order valence-corrected chi connectivity index (χ4v) is 4.17. The number of aromatic nitrogens is 3. The number of imidazole rings is 1. The van der Waals surface area contributed by atoms with E-state index in [0.717, 1.165) is 16.5 Å². The number of para-hydroxylation sites is 1. The fraction of sp³-hybridized carbons (Fsp3) is 0.423. The Morgan fingerprint density at radius 2 is 1.62 bits per heavy atom. The molecule has 13 nitrogen and oxygen atoms in total. The van der Waals surface area contributed by atoms with E-state index in [4.69, 9.17) is 5.73 Å². The molecule has 0 bridgehead atoms. The summed E-state index contributed by atoms with van der Waals surface area (Å²) in [6.45, 7) is 2.84. The number of carboxylic acids is 1. The number of aliphatic carboxylic acids is 1. The van der Waals surface area contributed by atoms with E-state index >= 15 is 0 Å². The van der Waals surface area contributed by atoms with Crippen molar-refractivity contribution in [3.8, 4) is 0 Å². The highest BCUT2D eigenvalue weighted by atomic mass is 16.4. The zero-order valence-corrected chi connectivity index (χ0v) is 21.8. The second-order valence-corrected chi connectivity index (χ2v) is 9.78. The summed E-state index contributed by atoms with van der Waals surface area (Å²) in [5.41, 5.74) is 8.28. The Bertz CT molecular complexity index is 1270. The number of fused-ring (bicyclic) bond motifs is 1. The van der Waals surface area contributed by atoms with Gasteiger partial charge < -0.3 is 41.9 Å². The molecule has 0 aliphatic heterocycles.